The third kappa shape index (κ3) is 30.4. The van der Waals surface area contributed by atoms with E-state index in [4.69, 9.17) is 28.4 Å². The minimum atomic E-state index is -1.23. The van der Waals surface area contributed by atoms with E-state index in [1.165, 1.54) is 195 Å². The monoisotopic (exact) mass is 840 g/mol. The van der Waals surface area contributed by atoms with Gasteiger partial charge in [-0.05, 0) is 25.9 Å². The molecule has 0 bridgehead atoms. The number of nitrogens with zero attached hydrogens (tertiary/aromatic N) is 1. The highest BCUT2D eigenvalue weighted by molar-refractivity contribution is 5.68. The van der Waals surface area contributed by atoms with Crippen molar-refractivity contribution in [2.75, 3.05) is 32.8 Å². The van der Waals surface area contributed by atoms with Gasteiger partial charge in [0.2, 0.25) is 0 Å². The molecule has 1 heterocycles. The molecule has 0 aliphatic carbocycles. The van der Waals surface area contributed by atoms with Crippen molar-refractivity contribution >= 4 is 23.9 Å². The van der Waals surface area contributed by atoms with Gasteiger partial charge in [-0.15, -0.1) is 0 Å². The molecule has 0 radical (unpaired) electrons. The molecule has 0 saturated carbocycles. The lowest BCUT2D eigenvalue weighted by Crippen LogP contribution is -2.63. The maximum atomic E-state index is 12.3. The standard InChI is InChI=1S/C48H89NO10/c1-7-9-11-13-15-17-19-21-23-25-27-29-31-33-35-49(36-34-32-30-28-26-24-22-20-18-16-14-12-10-8-2)37-38-54-48-47(58-43(6)53)46(57-42(5)52)45(56-41(4)51)44(59-48)39-55-40(3)50/h44-48H,7-39H2,1-6H3/t44-,45-,46+,47+,48+/m1/s1. The van der Waals surface area contributed by atoms with E-state index >= 15 is 0 Å². The molecule has 59 heavy (non-hydrogen) atoms. The van der Waals surface area contributed by atoms with Gasteiger partial charge >= 0.3 is 23.9 Å². The van der Waals surface area contributed by atoms with Crippen LogP contribution in [0.15, 0.2) is 0 Å². The van der Waals surface area contributed by atoms with Crippen LogP contribution in [0.3, 0.4) is 0 Å². The lowest BCUT2D eigenvalue weighted by atomic mass is 9.98. The van der Waals surface area contributed by atoms with E-state index in [0.717, 1.165) is 25.9 Å². The zero-order chi connectivity index (χ0) is 43.4. The third-order valence-electron chi connectivity index (χ3n) is 11.3. The number of rotatable bonds is 39. The minimum absolute atomic E-state index is 0.269. The first-order chi connectivity index (χ1) is 28.6. The van der Waals surface area contributed by atoms with Crippen molar-refractivity contribution in [3.63, 3.8) is 0 Å². The summed E-state index contributed by atoms with van der Waals surface area (Å²) in [5.74, 6) is -2.51. The SMILES string of the molecule is CCCCCCCCCCCCCCCCN(CCCCCCCCCCCCCCCC)CCO[C@H]1O[C@H](COC(C)=O)[C@@H](OC(C)=O)[C@H](OC(C)=O)[C@@H]1OC(C)=O. The average molecular weight is 840 g/mol. The molecule has 1 fully saturated rings. The Bertz CT molecular complexity index is 1020. The van der Waals surface area contributed by atoms with Crippen LogP contribution in [0.2, 0.25) is 0 Å². The van der Waals surface area contributed by atoms with Crippen molar-refractivity contribution < 1.29 is 47.6 Å². The molecule has 0 N–H and O–H groups in total. The number of hydrogen-bond donors (Lipinski definition) is 0. The first-order valence-corrected chi connectivity index (χ1v) is 24.2. The van der Waals surface area contributed by atoms with Gasteiger partial charge < -0.3 is 33.3 Å². The molecule has 0 unspecified atom stereocenters. The van der Waals surface area contributed by atoms with Crippen LogP contribution in [0.4, 0.5) is 0 Å². The zero-order valence-electron chi connectivity index (χ0n) is 38.8. The largest absolute Gasteiger partial charge is 0.463 e. The lowest BCUT2D eigenvalue weighted by Gasteiger charge is -2.44. The van der Waals surface area contributed by atoms with Crippen LogP contribution >= 0.6 is 0 Å². The molecule has 11 heteroatoms. The second-order valence-electron chi connectivity index (χ2n) is 17.0. The smallest absolute Gasteiger partial charge is 0.303 e. The Morgan fingerprint density at radius 2 is 0.763 bits per heavy atom. The summed E-state index contributed by atoms with van der Waals surface area (Å²) < 4.78 is 34.3. The number of carbonyl (C=O) groups excluding carboxylic acids is 4. The molecule has 0 spiro atoms. The summed E-state index contributed by atoms with van der Waals surface area (Å²) in [5.41, 5.74) is 0. The third-order valence-corrected chi connectivity index (χ3v) is 11.3. The highest BCUT2D eigenvalue weighted by atomic mass is 16.7. The summed E-state index contributed by atoms with van der Waals surface area (Å²) in [4.78, 5) is 50.8. The predicted octanol–water partition coefficient (Wildman–Crippen LogP) is 11.4. The van der Waals surface area contributed by atoms with Gasteiger partial charge in [0, 0.05) is 34.2 Å². The van der Waals surface area contributed by atoms with Crippen molar-refractivity contribution in [3.8, 4) is 0 Å². The number of ether oxygens (including phenoxy) is 6. The molecule has 0 amide bonds. The van der Waals surface area contributed by atoms with E-state index < -0.39 is 54.6 Å². The Kier molecular flexibility index (Phi) is 34.8. The van der Waals surface area contributed by atoms with Crippen LogP contribution in [-0.2, 0) is 47.6 Å². The van der Waals surface area contributed by atoms with Gasteiger partial charge in [-0.2, -0.15) is 0 Å². The van der Waals surface area contributed by atoms with Crippen LogP contribution < -0.4 is 0 Å². The Hall–Kier alpha value is -2.24. The quantitative estimate of drug-likeness (QED) is 0.0333. The summed E-state index contributed by atoms with van der Waals surface area (Å²) >= 11 is 0. The minimum Gasteiger partial charge on any atom is -0.463 e. The second-order valence-corrected chi connectivity index (χ2v) is 17.0. The molecule has 0 aromatic carbocycles. The fourth-order valence-corrected chi connectivity index (χ4v) is 8.02. The molecule has 1 rings (SSSR count). The van der Waals surface area contributed by atoms with E-state index in [-0.39, 0.29) is 13.2 Å². The van der Waals surface area contributed by atoms with Crippen molar-refractivity contribution in [2.45, 2.75) is 252 Å². The van der Waals surface area contributed by atoms with Crippen molar-refractivity contribution in [1.29, 1.82) is 0 Å². The summed E-state index contributed by atoms with van der Waals surface area (Å²) in [5, 5.41) is 0. The molecule has 11 nitrogen and oxygen atoms in total. The van der Waals surface area contributed by atoms with Crippen molar-refractivity contribution in [2.24, 2.45) is 0 Å². The number of esters is 4. The molecule has 0 aromatic heterocycles. The van der Waals surface area contributed by atoms with Gasteiger partial charge in [0.25, 0.3) is 0 Å². The van der Waals surface area contributed by atoms with E-state index in [1.807, 2.05) is 0 Å². The molecule has 5 atom stereocenters. The molecule has 0 aromatic rings. The van der Waals surface area contributed by atoms with Gasteiger partial charge in [0.05, 0.1) is 6.61 Å². The van der Waals surface area contributed by atoms with E-state index in [1.54, 1.807) is 0 Å². The Morgan fingerprint density at radius 3 is 1.12 bits per heavy atom. The maximum Gasteiger partial charge on any atom is 0.303 e. The Labute approximate surface area is 360 Å². The highest BCUT2D eigenvalue weighted by Crippen LogP contribution is 2.30. The maximum absolute atomic E-state index is 12.3. The van der Waals surface area contributed by atoms with Crippen LogP contribution in [-0.4, -0.2) is 92.3 Å². The van der Waals surface area contributed by atoms with Crippen molar-refractivity contribution in [3.05, 3.63) is 0 Å². The molecule has 1 aliphatic heterocycles. The predicted molar refractivity (Wildman–Crippen MR) is 235 cm³/mol. The van der Waals surface area contributed by atoms with E-state index in [0.29, 0.717) is 6.54 Å². The van der Waals surface area contributed by atoms with E-state index in [9.17, 15) is 19.2 Å². The Morgan fingerprint density at radius 1 is 0.424 bits per heavy atom. The van der Waals surface area contributed by atoms with Gasteiger partial charge in [-0.25, -0.2) is 0 Å². The normalized spacial score (nSPS) is 19.1. The topological polar surface area (TPSA) is 127 Å². The molecule has 1 aliphatic rings. The van der Waals surface area contributed by atoms with Crippen LogP contribution in [0.5, 0.6) is 0 Å². The second kappa shape index (κ2) is 37.5. The number of carbonyl (C=O) groups is 4. The summed E-state index contributed by atoms with van der Waals surface area (Å²) in [6.45, 7) is 12.0. The highest BCUT2D eigenvalue weighted by Gasteiger charge is 2.52. The lowest BCUT2D eigenvalue weighted by molar-refractivity contribution is -0.308. The Balaban J connectivity index is 2.72. The molecular weight excluding hydrogens is 751 g/mol. The molecule has 346 valence electrons. The number of unbranched alkanes of at least 4 members (excludes halogenated alkanes) is 26. The summed E-state index contributed by atoms with van der Waals surface area (Å²) in [7, 11) is 0. The van der Waals surface area contributed by atoms with Crippen LogP contribution in [0.1, 0.15) is 221 Å². The van der Waals surface area contributed by atoms with E-state index in [2.05, 4.69) is 18.7 Å². The van der Waals surface area contributed by atoms with Gasteiger partial charge in [0.1, 0.15) is 12.7 Å². The summed E-state index contributed by atoms with van der Waals surface area (Å²) in [6.07, 6.45) is 31.2. The van der Waals surface area contributed by atoms with Gasteiger partial charge in [-0.1, -0.05) is 181 Å². The fourth-order valence-electron chi connectivity index (χ4n) is 8.02. The first kappa shape index (κ1) is 54.8. The van der Waals surface area contributed by atoms with Gasteiger partial charge in [0.15, 0.2) is 24.6 Å². The van der Waals surface area contributed by atoms with Gasteiger partial charge in [-0.3, -0.25) is 19.2 Å². The molecular formula is C48H89NO10. The first-order valence-electron chi connectivity index (χ1n) is 24.2. The number of hydrogen-bond acceptors (Lipinski definition) is 11. The van der Waals surface area contributed by atoms with Crippen LogP contribution in [0, 0.1) is 0 Å². The zero-order valence-corrected chi connectivity index (χ0v) is 38.8. The average Bonchev–Trinajstić information content (AvgIpc) is 3.18. The molecule has 1 saturated heterocycles. The van der Waals surface area contributed by atoms with Crippen LogP contribution in [0.25, 0.3) is 0 Å². The summed E-state index contributed by atoms with van der Waals surface area (Å²) in [6, 6.07) is 0. The van der Waals surface area contributed by atoms with Crippen molar-refractivity contribution in [1.82, 2.24) is 4.90 Å². The fraction of sp³-hybridized carbons (Fsp3) is 0.917.